The minimum absolute atomic E-state index is 0.286. The van der Waals surface area contributed by atoms with Crippen LogP contribution >= 0.6 is 0 Å². The molecule has 0 amide bonds. The second-order valence-corrected chi connectivity index (χ2v) is 3.30. The normalized spacial score (nSPS) is 9.75. The SMILES string of the molecule is O=[11C](OCc1ccccc1)c1cccnc1. The van der Waals surface area contributed by atoms with Crippen LogP contribution in [0.3, 0.4) is 0 Å². The Balaban J connectivity index is 1.95. The van der Waals surface area contributed by atoms with E-state index in [-0.39, 0.29) is 12.6 Å². The van der Waals surface area contributed by atoms with Crippen molar-refractivity contribution in [3.63, 3.8) is 0 Å². The summed E-state index contributed by atoms with van der Waals surface area (Å²) in [4.78, 5) is 15.4. The maximum absolute atomic E-state index is 11.6. The molecule has 0 radical (unpaired) electrons. The van der Waals surface area contributed by atoms with E-state index in [0.717, 1.165) is 5.56 Å². The fraction of sp³-hybridized carbons (Fsp3) is 0.0769. The highest BCUT2D eigenvalue weighted by atomic mass is 16.5. The molecule has 80 valence electrons. The van der Waals surface area contributed by atoms with Crippen LogP contribution in [0.2, 0.25) is 0 Å². The van der Waals surface area contributed by atoms with Crippen molar-refractivity contribution in [2.45, 2.75) is 6.61 Å². The highest BCUT2D eigenvalue weighted by molar-refractivity contribution is 5.88. The Hall–Kier alpha value is -2.16. The largest absolute Gasteiger partial charge is 0.457 e. The number of benzene rings is 1. The van der Waals surface area contributed by atoms with Gasteiger partial charge in [-0.25, -0.2) is 4.79 Å². The number of hydrogen-bond acceptors (Lipinski definition) is 3. The standard InChI is InChI=1S/C13H11NO2/c15-13(12-7-4-8-14-9-12)16-10-11-5-2-1-3-6-11/h1-9H,10H2/i13-1. The zero-order chi connectivity index (χ0) is 11.2. The average Bonchev–Trinajstić information content (AvgIpc) is 2.38. The van der Waals surface area contributed by atoms with Gasteiger partial charge in [0, 0.05) is 12.4 Å². The Kier molecular flexibility index (Phi) is 3.28. The number of carbonyl (C=O) groups excluding carboxylic acids is 1. The minimum Gasteiger partial charge on any atom is -0.457 e. The van der Waals surface area contributed by atoms with Crippen LogP contribution < -0.4 is 0 Å². The van der Waals surface area contributed by atoms with Gasteiger partial charge in [0.1, 0.15) is 6.61 Å². The molecular weight excluding hydrogens is 201 g/mol. The molecule has 0 spiro atoms. The van der Waals surface area contributed by atoms with Crippen molar-refractivity contribution in [2.24, 2.45) is 0 Å². The van der Waals surface area contributed by atoms with E-state index in [9.17, 15) is 4.79 Å². The Labute approximate surface area is 93.7 Å². The summed E-state index contributed by atoms with van der Waals surface area (Å²) in [6.45, 7) is 0.286. The van der Waals surface area contributed by atoms with Gasteiger partial charge in [-0.15, -0.1) is 0 Å². The monoisotopic (exact) mass is 212 g/mol. The molecule has 3 nitrogen and oxygen atoms in total. The first-order valence-corrected chi connectivity index (χ1v) is 4.97. The quantitative estimate of drug-likeness (QED) is 0.733. The summed E-state index contributed by atoms with van der Waals surface area (Å²) in [5.41, 5.74) is 1.44. The Morgan fingerprint density at radius 2 is 1.94 bits per heavy atom. The maximum atomic E-state index is 11.6. The van der Waals surface area contributed by atoms with Crippen molar-refractivity contribution in [2.75, 3.05) is 0 Å². The van der Waals surface area contributed by atoms with E-state index in [0.29, 0.717) is 5.56 Å². The summed E-state index contributed by atoms with van der Waals surface area (Å²) in [5, 5.41) is 0. The molecule has 0 atom stereocenters. The van der Waals surface area contributed by atoms with Gasteiger partial charge in [0.25, 0.3) is 0 Å². The van der Waals surface area contributed by atoms with Gasteiger partial charge < -0.3 is 4.74 Å². The van der Waals surface area contributed by atoms with E-state index in [1.165, 1.54) is 6.20 Å². The lowest BCUT2D eigenvalue weighted by Gasteiger charge is -2.03. The Bertz CT molecular complexity index is 454. The molecule has 1 heterocycles. The zero-order valence-electron chi connectivity index (χ0n) is 8.67. The van der Waals surface area contributed by atoms with Crippen LogP contribution in [0.5, 0.6) is 0 Å². The number of aromatic nitrogens is 1. The maximum Gasteiger partial charge on any atom is 0.340 e. The summed E-state index contributed by atoms with van der Waals surface area (Å²) in [5.74, 6) is -0.350. The summed E-state index contributed by atoms with van der Waals surface area (Å²) < 4.78 is 5.14. The Morgan fingerprint density at radius 3 is 2.62 bits per heavy atom. The first-order chi connectivity index (χ1) is 7.86. The second-order valence-electron chi connectivity index (χ2n) is 3.30. The van der Waals surface area contributed by atoms with Crippen molar-refractivity contribution >= 4 is 5.97 Å². The molecule has 0 unspecified atom stereocenters. The lowest BCUT2D eigenvalue weighted by Crippen LogP contribution is -2.05. The molecule has 0 saturated heterocycles. The number of ether oxygens (including phenoxy) is 1. The fourth-order valence-electron chi connectivity index (χ4n) is 1.29. The van der Waals surface area contributed by atoms with E-state index in [4.69, 9.17) is 4.74 Å². The number of hydrogen-bond donors (Lipinski definition) is 0. The molecular formula is C13H11NO2. The fourth-order valence-corrected chi connectivity index (χ4v) is 1.29. The predicted octanol–water partition coefficient (Wildman–Crippen LogP) is 2.44. The minimum atomic E-state index is -0.350. The van der Waals surface area contributed by atoms with Crippen molar-refractivity contribution in [3.05, 3.63) is 66.0 Å². The summed E-state index contributed by atoms with van der Waals surface area (Å²) >= 11 is 0. The van der Waals surface area contributed by atoms with Crippen molar-refractivity contribution in [1.29, 1.82) is 0 Å². The molecule has 0 bridgehead atoms. The van der Waals surface area contributed by atoms with Gasteiger partial charge in [-0.1, -0.05) is 30.3 Å². The molecule has 2 rings (SSSR count). The van der Waals surface area contributed by atoms with Gasteiger partial charge in [-0.3, -0.25) is 4.98 Å². The molecule has 0 fully saturated rings. The van der Waals surface area contributed by atoms with Gasteiger partial charge >= 0.3 is 5.97 Å². The van der Waals surface area contributed by atoms with Gasteiger partial charge in [-0.2, -0.15) is 0 Å². The molecule has 1 aromatic carbocycles. The molecule has 3 heteroatoms. The van der Waals surface area contributed by atoms with Gasteiger partial charge in [0.05, 0.1) is 5.56 Å². The van der Waals surface area contributed by atoms with Crippen LogP contribution in [-0.2, 0) is 11.3 Å². The molecule has 0 N–H and O–H groups in total. The number of nitrogens with zero attached hydrogens (tertiary/aromatic N) is 1. The summed E-state index contributed by atoms with van der Waals surface area (Å²) in [6, 6.07) is 13.0. The van der Waals surface area contributed by atoms with Crippen LogP contribution in [0.15, 0.2) is 54.9 Å². The molecule has 0 saturated carbocycles. The van der Waals surface area contributed by atoms with Crippen molar-refractivity contribution < 1.29 is 9.53 Å². The van der Waals surface area contributed by atoms with Crippen LogP contribution in [0.4, 0.5) is 0 Å². The topological polar surface area (TPSA) is 39.2 Å². The lowest BCUT2D eigenvalue weighted by molar-refractivity contribution is 0.0472. The van der Waals surface area contributed by atoms with Gasteiger partial charge in [0.2, 0.25) is 0 Å². The smallest absolute Gasteiger partial charge is 0.340 e. The third-order valence-electron chi connectivity index (χ3n) is 2.11. The van der Waals surface area contributed by atoms with Crippen molar-refractivity contribution in [3.8, 4) is 0 Å². The first-order valence-electron chi connectivity index (χ1n) is 4.97. The number of rotatable bonds is 3. The summed E-state index contributed by atoms with van der Waals surface area (Å²) in [7, 11) is 0. The molecule has 0 aliphatic carbocycles. The molecule has 16 heavy (non-hydrogen) atoms. The number of pyridine rings is 1. The molecule has 0 aliphatic rings. The van der Waals surface area contributed by atoms with E-state index in [1.807, 2.05) is 30.3 Å². The number of esters is 1. The highest BCUT2D eigenvalue weighted by Gasteiger charge is 2.06. The highest BCUT2D eigenvalue weighted by Crippen LogP contribution is 2.04. The Morgan fingerprint density at radius 1 is 1.12 bits per heavy atom. The molecule has 1 aromatic heterocycles. The van der Waals surface area contributed by atoms with E-state index in [2.05, 4.69) is 4.98 Å². The average molecular weight is 212 g/mol. The van der Waals surface area contributed by atoms with Crippen LogP contribution in [0, 0.1) is 0 Å². The van der Waals surface area contributed by atoms with Crippen molar-refractivity contribution in [1.82, 2.24) is 4.98 Å². The van der Waals surface area contributed by atoms with Gasteiger partial charge in [0.15, 0.2) is 0 Å². The van der Waals surface area contributed by atoms with E-state index >= 15 is 0 Å². The zero-order valence-corrected chi connectivity index (χ0v) is 8.67. The lowest BCUT2D eigenvalue weighted by atomic mass is 9.96. The van der Waals surface area contributed by atoms with Crippen LogP contribution in [0.25, 0.3) is 0 Å². The summed E-state index contributed by atoms with van der Waals surface area (Å²) in [6.07, 6.45) is 3.11. The van der Waals surface area contributed by atoms with E-state index < -0.39 is 0 Å². The van der Waals surface area contributed by atoms with Crippen LogP contribution in [-0.4, -0.2) is 11.0 Å². The number of carbonyl (C=O) groups is 1. The van der Waals surface area contributed by atoms with E-state index in [1.54, 1.807) is 18.3 Å². The predicted molar refractivity (Wildman–Crippen MR) is 59.8 cm³/mol. The molecule has 0 aliphatic heterocycles. The second kappa shape index (κ2) is 5.07. The first kappa shape index (κ1) is 10.4. The van der Waals surface area contributed by atoms with Gasteiger partial charge in [-0.05, 0) is 17.7 Å². The third kappa shape index (κ3) is 2.67. The molecule has 2 aromatic rings. The third-order valence-corrected chi connectivity index (χ3v) is 2.11. The van der Waals surface area contributed by atoms with Crippen LogP contribution in [0.1, 0.15) is 15.9 Å².